The van der Waals surface area contributed by atoms with E-state index in [0.29, 0.717) is 31.1 Å². The second kappa shape index (κ2) is 7.02. The van der Waals surface area contributed by atoms with Crippen molar-refractivity contribution >= 4 is 5.91 Å². The number of carbonyl (C=O) groups is 1. The van der Waals surface area contributed by atoms with Gasteiger partial charge >= 0.3 is 0 Å². The number of hydrogen-bond acceptors (Lipinski definition) is 3. The van der Waals surface area contributed by atoms with E-state index in [4.69, 9.17) is 0 Å². The van der Waals surface area contributed by atoms with Gasteiger partial charge < -0.3 is 4.90 Å². The largest absolute Gasteiger partial charge is 0.339 e. The molecule has 2 aromatic rings. The molecule has 1 aromatic carbocycles. The minimum atomic E-state index is -0.396. The quantitative estimate of drug-likeness (QED) is 0.850. The number of amides is 1. The molecule has 136 valence electrons. The fourth-order valence-electron chi connectivity index (χ4n) is 3.94. The summed E-state index contributed by atoms with van der Waals surface area (Å²) < 4.78 is 14.9. The van der Waals surface area contributed by atoms with Crippen molar-refractivity contribution in [2.24, 2.45) is 5.92 Å². The van der Waals surface area contributed by atoms with Gasteiger partial charge in [0.25, 0.3) is 11.5 Å². The van der Waals surface area contributed by atoms with Crippen LogP contribution in [0, 0.1) is 11.7 Å². The summed E-state index contributed by atoms with van der Waals surface area (Å²) in [7, 11) is 0. The first kappa shape index (κ1) is 16.9. The van der Waals surface area contributed by atoms with Crippen molar-refractivity contribution in [3.63, 3.8) is 0 Å². The summed E-state index contributed by atoms with van der Waals surface area (Å²) in [6.45, 7) is 1.85. The lowest BCUT2D eigenvalue weighted by Crippen LogP contribution is -2.40. The summed E-state index contributed by atoms with van der Waals surface area (Å²) in [5.41, 5.74) is 2.52. The number of rotatable bonds is 3. The molecule has 2 aliphatic rings. The second-order valence-electron chi connectivity index (χ2n) is 7.24. The van der Waals surface area contributed by atoms with Gasteiger partial charge in [-0.1, -0.05) is 6.07 Å². The second-order valence-corrected chi connectivity index (χ2v) is 7.24. The van der Waals surface area contributed by atoms with Gasteiger partial charge in [0.2, 0.25) is 0 Å². The van der Waals surface area contributed by atoms with E-state index in [9.17, 15) is 14.0 Å². The van der Waals surface area contributed by atoms with Crippen molar-refractivity contribution in [3.05, 3.63) is 63.3 Å². The van der Waals surface area contributed by atoms with Gasteiger partial charge in [0, 0.05) is 31.3 Å². The highest BCUT2D eigenvalue weighted by atomic mass is 19.1. The molecule has 1 aromatic heterocycles. The molecule has 0 radical (unpaired) electrons. The zero-order chi connectivity index (χ0) is 18.1. The zero-order valence-corrected chi connectivity index (χ0v) is 14.7. The number of aryl methyl sites for hydroxylation is 2. The van der Waals surface area contributed by atoms with E-state index in [1.165, 1.54) is 12.1 Å². The monoisotopic (exact) mass is 355 g/mol. The molecule has 4 rings (SSSR count). The van der Waals surface area contributed by atoms with Gasteiger partial charge in [0.15, 0.2) is 0 Å². The van der Waals surface area contributed by atoms with Crippen LogP contribution in [-0.2, 0) is 19.4 Å². The van der Waals surface area contributed by atoms with Crippen LogP contribution in [0.5, 0.6) is 0 Å². The van der Waals surface area contributed by atoms with Gasteiger partial charge in [-0.15, -0.1) is 0 Å². The molecule has 1 aliphatic carbocycles. The number of halogens is 1. The van der Waals surface area contributed by atoms with Crippen LogP contribution in [-0.4, -0.2) is 33.7 Å². The van der Waals surface area contributed by atoms with Crippen LogP contribution >= 0.6 is 0 Å². The molecule has 2 heterocycles. The van der Waals surface area contributed by atoms with Crippen molar-refractivity contribution in [2.75, 3.05) is 13.1 Å². The smallest absolute Gasteiger partial charge is 0.267 e. The summed E-state index contributed by atoms with van der Waals surface area (Å²) in [4.78, 5) is 26.5. The Labute approximate surface area is 151 Å². The van der Waals surface area contributed by atoms with E-state index in [1.807, 2.05) is 0 Å². The minimum Gasteiger partial charge on any atom is -0.339 e. The number of likely N-dealkylation sites (tertiary alicyclic amines) is 1. The van der Waals surface area contributed by atoms with Crippen molar-refractivity contribution in [3.8, 4) is 0 Å². The molecular weight excluding hydrogens is 333 g/mol. The lowest BCUT2D eigenvalue weighted by Gasteiger charge is -2.32. The highest BCUT2D eigenvalue weighted by molar-refractivity contribution is 5.94. The van der Waals surface area contributed by atoms with Crippen LogP contribution < -0.4 is 5.56 Å². The standard InChI is InChI=1S/C20H22FN3O2/c21-17-5-1-4-16(11-17)20(26)23-9-7-14(8-10-23)13-24-19(25)12-15-3-2-6-18(15)22-24/h1,4-5,11-12,14H,2-3,6-10,13H2. The summed E-state index contributed by atoms with van der Waals surface area (Å²) in [5, 5.41) is 4.54. The Bertz CT molecular complexity index is 885. The molecule has 0 atom stereocenters. The fourth-order valence-corrected chi connectivity index (χ4v) is 3.94. The molecule has 0 unspecified atom stereocenters. The topological polar surface area (TPSA) is 55.2 Å². The maximum Gasteiger partial charge on any atom is 0.267 e. The molecule has 1 saturated heterocycles. The van der Waals surface area contributed by atoms with Crippen LogP contribution in [0.3, 0.4) is 0 Å². The van der Waals surface area contributed by atoms with Gasteiger partial charge in [-0.25, -0.2) is 9.07 Å². The predicted octanol–water partition coefficient (Wildman–Crippen LogP) is 2.42. The van der Waals surface area contributed by atoms with Gasteiger partial charge in [0.1, 0.15) is 5.82 Å². The highest BCUT2D eigenvalue weighted by Gasteiger charge is 2.25. The Hall–Kier alpha value is -2.50. The number of aromatic nitrogens is 2. The van der Waals surface area contributed by atoms with Crippen LogP contribution in [0.25, 0.3) is 0 Å². The molecule has 5 nitrogen and oxygen atoms in total. The third-order valence-corrected chi connectivity index (χ3v) is 5.43. The van der Waals surface area contributed by atoms with E-state index >= 15 is 0 Å². The third kappa shape index (κ3) is 3.41. The number of fused-ring (bicyclic) bond motifs is 1. The molecule has 0 spiro atoms. The number of carbonyl (C=O) groups excluding carboxylic acids is 1. The van der Waals surface area contributed by atoms with Gasteiger partial charge in [-0.2, -0.15) is 5.10 Å². The Balaban J connectivity index is 1.38. The van der Waals surface area contributed by atoms with Gasteiger partial charge in [0.05, 0.1) is 5.69 Å². The molecule has 6 heteroatoms. The van der Waals surface area contributed by atoms with Crippen LogP contribution in [0.1, 0.15) is 40.9 Å². The average molecular weight is 355 g/mol. The summed E-state index contributed by atoms with van der Waals surface area (Å²) >= 11 is 0. The van der Waals surface area contributed by atoms with E-state index in [-0.39, 0.29) is 11.5 Å². The number of benzene rings is 1. The van der Waals surface area contributed by atoms with Crippen LogP contribution in [0.15, 0.2) is 35.1 Å². The van der Waals surface area contributed by atoms with E-state index in [2.05, 4.69) is 5.10 Å². The Morgan fingerprint density at radius 1 is 1.19 bits per heavy atom. The SMILES string of the molecule is O=C(c1cccc(F)c1)N1CCC(Cn2nc3c(cc2=O)CCC3)CC1. The van der Waals surface area contributed by atoms with Crippen molar-refractivity contribution in [2.45, 2.75) is 38.6 Å². The van der Waals surface area contributed by atoms with Crippen molar-refractivity contribution < 1.29 is 9.18 Å². The first-order valence-corrected chi connectivity index (χ1v) is 9.25. The van der Waals surface area contributed by atoms with Crippen LogP contribution in [0.2, 0.25) is 0 Å². The number of hydrogen-bond donors (Lipinski definition) is 0. The number of piperidine rings is 1. The Morgan fingerprint density at radius 2 is 2.00 bits per heavy atom. The summed E-state index contributed by atoms with van der Waals surface area (Å²) in [5.74, 6) is -0.195. The fraction of sp³-hybridized carbons (Fsp3) is 0.450. The molecule has 26 heavy (non-hydrogen) atoms. The third-order valence-electron chi connectivity index (χ3n) is 5.43. The molecule has 0 bridgehead atoms. The van der Waals surface area contributed by atoms with Crippen molar-refractivity contribution in [1.29, 1.82) is 0 Å². The average Bonchev–Trinajstić information content (AvgIpc) is 3.09. The van der Waals surface area contributed by atoms with E-state index < -0.39 is 5.82 Å². The summed E-state index contributed by atoms with van der Waals surface area (Å²) in [6.07, 6.45) is 4.64. The van der Waals surface area contributed by atoms with Crippen LogP contribution in [0.4, 0.5) is 4.39 Å². The predicted molar refractivity (Wildman–Crippen MR) is 95.5 cm³/mol. The van der Waals surface area contributed by atoms with E-state index in [0.717, 1.165) is 43.4 Å². The maximum atomic E-state index is 13.3. The normalized spacial score (nSPS) is 17.3. The summed E-state index contributed by atoms with van der Waals surface area (Å²) in [6, 6.07) is 7.55. The molecule has 1 amide bonds. The molecular formula is C20H22FN3O2. The molecule has 1 aliphatic heterocycles. The molecule has 0 saturated carbocycles. The molecule has 1 fully saturated rings. The lowest BCUT2D eigenvalue weighted by atomic mass is 9.96. The van der Waals surface area contributed by atoms with Gasteiger partial charge in [-0.05, 0) is 61.8 Å². The lowest BCUT2D eigenvalue weighted by molar-refractivity contribution is 0.0680. The minimum absolute atomic E-state index is 0.0242. The van der Waals surface area contributed by atoms with E-state index in [1.54, 1.807) is 27.8 Å². The maximum absolute atomic E-state index is 13.3. The number of nitrogens with zero attached hydrogens (tertiary/aromatic N) is 3. The molecule has 0 N–H and O–H groups in total. The first-order chi connectivity index (χ1) is 12.6. The first-order valence-electron chi connectivity index (χ1n) is 9.25. The highest BCUT2D eigenvalue weighted by Crippen LogP contribution is 2.22. The zero-order valence-electron chi connectivity index (χ0n) is 14.7. The van der Waals surface area contributed by atoms with Gasteiger partial charge in [-0.3, -0.25) is 9.59 Å². The Kier molecular flexibility index (Phi) is 4.57. The van der Waals surface area contributed by atoms with Crippen molar-refractivity contribution in [1.82, 2.24) is 14.7 Å². The Morgan fingerprint density at radius 3 is 2.77 bits per heavy atom.